The molecule has 3 aromatic rings. The standard InChI is InChI=1S/C16H13BrN2OS/c17-12-4-1-3-10-11-9-19(7-6-13(11)18-15(10)12)16(20)14-5-2-8-21-14/h1-5,8,18H,6-7,9H2. The fourth-order valence-electron chi connectivity index (χ4n) is 2.93. The molecule has 0 radical (unpaired) electrons. The second-order valence-corrected chi connectivity index (χ2v) is 7.00. The minimum absolute atomic E-state index is 0.139. The number of para-hydroxylation sites is 1. The van der Waals surface area contributed by atoms with Gasteiger partial charge >= 0.3 is 0 Å². The number of benzene rings is 1. The van der Waals surface area contributed by atoms with E-state index in [-0.39, 0.29) is 5.91 Å². The highest BCUT2D eigenvalue weighted by atomic mass is 79.9. The van der Waals surface area contributed by atoms with E-state index >= 15 is 0 Å². The summed E-state index contributed by atoms with van der Waals surface area (Å²) >= 11 is 5.10. The SMILES string of the molecule is O=C(c1cccs1)N1CCc2[nH]c3c(Br)cccc3c2C1. The molecule has 2 aromatic heterocycles. The van der Waals surface area contributed by atoms with Crippen LogP contribution in [-0.2, 0) is 13.0 Å². The van der Waals surface area contributed by atoms with E-state index in [0.717, 1.165) is 27.8 Å². The largest absolute Gasteiger partial charge is 0.357 e. The summed E-state index contributed by atoms with van der Waals surface area (Å²) in [7, 11) is 0. The van der Waals surface area contributed by atoms with Crippen molar-refractivity contribution in [2.24, 2.45) is 0 Å². The number of nitrogens with zero attached hydrogens (tertiary/aromatic N) is 1. The van der Waals surface area contributed by atoms with Crippen molar-refractivity contribution < 1.29 is 4.79 Å². The van der Waals surface area contributed by atoms with Crippen LogP contribution in [0.4, 0.5) is 0 Å². The average molecular weight is 361 g/mol. The summed E-state index contributed by atoms with van der Waals surface area (Å²) < 4.78 is 1.07. The summed E-state index contributed by atoms with van der Waals surface area (Å²) in [5.74, 6) is 0.139. The number of aromatic nitrogens is 1. The summed E-state index contributed by atoms with van der Waals surface area (Å²) in [4.78, 5) is 18.8. The number of carbonyl (C=O) groups is 1. The van der Waals surface area contributed by atoms with Gasteiger partial charge in [0.1, 0.15) is 0 Å². The fraction of sp³-hybridized carbons (Fsp3) is 0.188. The molecule has 1 amide bonds. The van der Waals surface area contributed by atoms with Gasteiger partial charge in [0.2, 0.25) is 0 Å². The predicted octanol–water partition coefficient (Wildman–Crippen LogP) is 4.19. The van der Waals surface area contributed by atoms with E-state index in [9.17, 15) is 4.79 Å². The monoisotopic (exact) mass is 360 g/mol. The molecular weight excluding hydrogens is 348 g/mol. The Balaban J connectivity index is 1.73. The van der Waals surface area contributed by atoms with E-state index in [2.05, 4.69) is 27.0 Å². The van der Waals surface area contributed by atoms with Crippen molar-refractivity contribution in [1.29, 1.82) is 0 Å². The van der Waals surface area contributed by atoms with E-state index in [1.54, 1.807) is 0 Å². The Morgan fingerprint density at radius 2 is 2.19 bits per heavy atom. The van der Waals surface area contributed by atoms with Crippen LogP contribution in [0.25, 0.3) is 10.9 Å². The first-order valence-electron chi connectivity index (χ1n) is 6.85. The van der Waals surface area contributed by atoms with Gasteiger partial charge in [-0.15, -0.1) is 11.3 Å². The van der Waals surface area contributed by atoms with E-state index in [4.69, 9.17) is 0 Å². The van der Waals surface area contributed by atoms with Crippen LogP contribution in [0, 0.1) is 0 Å². The summed E-state index contributed by atoms with van der Waals surface area (Å²) in [5.41, 5.74) is 3.64. The molecule has 5 heteroatoms. The molecular formula is C16H13BrN2OS. The van der Waals surface area contributed by atoms with Gasteiger partial charge in [0.05, 0.1) is 10.4 Å². The van der Waals surface area contributed by atoms with Gasteiger partial charge in [-0.3, -0.25) is 4.79 Å². The van der Waals surface area contributed by atoms with Gasteiger partial charge in [-0.05, 0) is 33.4 Å². The number of halogens is 1. The van der Waals surface area contributed by atoms with Gasteiger partial charge in [0.25, 0.3) is 5.91 Å². The molecule has 0 saturated heterocycles. The van der Waals surface area contributed by atoms with Gasteiger partial charge in [-0.2, -0.15) is 0 Å². The highest BCUT2D eigenvalue weighted by Crippen LogP contribution is 2.32. The van der Waals surface area contributed by atoms with Gasteiger partial charge in [-0.1, -0.05) is 18.2 Å². The maximum absolute atomic E-state index is 12.5. The van der Waals surface area contributed by atoms with Crippen molar-refractivity contribution in [1.82, 2.24) is 9.88 Å². The topological polar surface area (TPSA) is 36.1 Å². The Labute approximate surface area is 134 Å². The third-order valence-corrected chi connectivity index (χ3v) is 5.50. The van der Waals surface area contributed by atoms with Crippen LogP contribution in [0.1, 0.15) is 20.9 Å². The van der Waals surface area contributed by atoms with Crippen LogP contribution < -0.4 is 0 Å². The highest BCUT2D eigenvalue weighted by Gasteiger charge is 2.25. The lowest BCUT2D eigenvalue weighted by Gasteiger charge is -2.26. The first-order valence-corrected chi connectivity index (χ1v) is 8.52. The summed E-state index contributed by atoms with van der Waals surface area (Å²) in [6.45, 7) is 1.46. The maximum Gasteiger partial charge on any atom is 0.264 e. The van der Waals surface area contributed by atoms with Crippen LogP contribution in [0.15, 0.2) is 40.2 Å². The molecule has 3 heterocycles. The molecule has 3 nitrogen and oxygen atoms in total. The number of carbonyl (C=O) groups excluding carboxylic acids is 1. The molecule has 0 aliphatic carbocycles. The minimum atomic E-state index is 0.139. The molecule has 0 saturated carbocycles. The zero-order chi connectivity index (χ0) is 14.4. The molecule has 0 spiro atoms. The smallest absolute Gasteiger partial charge is 0.264 e. The Morgan fingerprint density at radius 1 is 1.29 bits per heavy atom. The molecule has 1 N–H and O–H groups in total. The zero-order valence-corrected chi connectivity index (χ0v) is 13.6. The Morgan fingerprint density at radius 3 is 3.00 bits per heavy atom. The average Bonchev–Trinajstić information content (AvgIpc) is 3.14. The van der Waals surface area contributed by atoms with E-state index in [1.165, 1.54) is 28.0 Å². The number of H-pyrrole nitrogens is 1. The fourth-order valence-corrected chi connectivity index (χ4v) is 4.09. The number of nitrogens with one attached hydrogen (secondary N) is 1. The Kier molecular flexibility index (Phi) is 3.12. The molecule has 1 aliphatic rings. The number of fused-ring (bicyclic) bond motifs is 3. The molecule has 21 heavy (non-hydrogen) atoms. The summed E-state index contributed by atoms with van der Waals surface area (Å²) in [6, 6.07) is 10.0. The predicted molar refractivity (Wildman–Crippen MR) is 88.8 cm³/mol. The summed E-state index contributed by atoms with van der Waals surface area (Å²) in [6.07, 6.45) is 0.883. The summed E-state index contributed by atoms with van der Waals surface area (Å²) in [5, 5.41) is 3.16. The van der Waals surface area contributed by atoms with Crippen molar-refractivity contribution in [2.75, 3.05) is 6.54 Å². The van der Waals surface area contributed by atoms with Crippen molar-refractivity contribution in [3.05, 3.63) is 56.3 Å². The first-order chi connectivity index (χ1) is 10.2. The lowest BCUT2D eigenvalue weighted by Crippen LogP contribution is -2.35. The maximum atomic E-state index is 12.5. The number of amides is 1. The van der Waals surface area contributed by atoms with Crippen molar-refractivity contribution in [3.8, 4) is 0 Å². The Hall–Kier alpha value is -1.59. The lowest BCUT2D eigenvalue weighted by atomic mass is 10.0. The van der Waals surface area contributed by atoms with Crippen molar-refractivity contribution >= 4 is 44.1 Å². The van der Waals surface area contributed by atoms with E-state index in [0.29, 0.717) is 6.54 Å². The molecule has 106 valence electrons. The van der Waals surface area contributed by atoms with Gasteiger partial charge < -0.3 is 9.88 Å². The second kappa shape index (κ2) is 5.00. The number of thiophene rings is 1. The molecule has 0 fully saturated rings. The van der Waals surface area contributed by atoms with Gasteiger partial charge in [0, 0.05) is 40.6 Å². The van der Waals surface area contributed by atoms with Crippen LogP contribution >= 0.6 is 27.3 Å². The quantitative estimate of drug-likeness (QED) is 0.693. The first kappa shape index (κ1) is 13.1. The van der Waals surface area contributed by atoms with E-state index in [1.807, 2.05) is 34.5 Å². The van der Waals surface area contributed by atoms with Gasteiger partial charge in [-0.25, -0.2) is 0 Å². The van der Waals surface area contributed by atoms with Crippen molar-refractivity contribution in [3.63, 3.8) is 0 Å². The normalized spacial score (nSPS) is 14.4. The number of aromatic amines is 1. The second-order valence-electron chi connectivity index (χ2n) is 5.20. The molecule has 4 rings (SSSR count). The molecule has 1 aromatic carbocycles. The van der Waals surface area contributed by atoms with Crippen LogP contribution in [0.5, 0.6) is 0 Å². The zero-order valence-electron chi connectivity index (χ0n) is 11.2. The van der Waals surface area contributed by atoms with Crippen LogP contribution in [0.2, 0.25) is 0 Å². The molecule has 0 atom stereocenters. The lowest BCUT2D eigenvalue weighted by molar-refractivity contribution is 0.0740. The third-order valence-electron chi connectivity index (χ3n) is 3.98. The minimum Gasteiger partial charge on any atom is -0.357 e. The Bertz CT molecular complexity index is 822. The van der Waals surface area contributed by atoms with Gasteiger partial charge in [0.15, 0.2) is 0 Å². The highest BCUT2D eigenvalue weighted by molar-refractivity contribution is 9.10. The van der Waals surface area contributed by atoms with Crippen molar-refractivity contribution in [2.45, 2.75) is 13.0 Å². The number of hydrogen-bond acceptors (Lipinski definition) is 2. The van der Waals surface area contributed by atoms with Crippen LogP contribution in [0.3, 0.4) is 0 Å². The number of hydrogen-bond donors (Lipinski definition) is 1. The van der Waals surface area contributed by atoms with Crippen LogP contribution in [-0.4, -0.2) is 22.3 Å². The number of rotatable bonds is 1. The molecule has 0 unspecified atom stereocenters. The molecule has 0 bridgehead atoms. The third kappa shape index (κ3) is 2.12. The van der Waals surface area contributed by atoms with E-state index < -0.39 is 0 Å². The molecule has 1 aliphatic heterocycles.